The molecule has 2 rings (SSSR count). The van der Waals surface area contributed by atoms with Crippen LogP contribution in [-0.4, -0.2) is 14.9 Å². The molecule has 4 nitrogen and oxygen atoms in total. The van der Waals surface area contributed by atoms with Crippen molar-refractivity contribution in [1.82, 2.24) is 9.78 Å². The quantitative estimate of drug-likeness (QED) is 0.881. The van der Waals surface area contributed by atoms with E-state index >= 15 is 0 Å². The summed E-state index contributed by atoms with van der Waals surface area (Å²) in [4.78, 5) is 0. The zero-order valence-corrected chi connectivity index (χ0v) is 10.7. The van der Waals surface area contributed by atoms with Crippen LogP contribution in [0.2, 0.25) is 0 Å². The molecule has 2 aromatic rings. The van der Waals surface area contributed by atoms with Crippen LogP contribution in [0.1, 0.15) is 31.9 Å². The molecule has 96 valence electrons. The van der Waals surface area contributed by atoms with Gasteiger partial charge in [-0.3, -0.25) is 4.68 Å². The van der Waals surface area contributed by atoms with Gasteiger partial charge in [0.25, 0.3) is 0 Å². The zero-order valence-electron chi connectivity index (χ0n) is 10.7. The average Bonchev–Trinajstić information content (AvgIpc) is 2.78. The van der Waals surface area contributed by atoms with Crippen molar-refractivity contribution < 1.29 is 9.84 Å². The van der Waals surface area contributed by atoms with Gasteiger partial charge in [-0.1, -0.05) is 19.1 Å². The number of aliphatic hydroxyl groups excluding tert-OH is 1. The van der Waals surface area contributed by atoms with Crippen molar-refractivity contribution in [1.29, 1.82) is 0 Å². The first-order valence-electron chi connectivity index (χ1n) is 6.17. The van der Waals surface area contributed by atoms with E-state index in [4.69, 9.17) is 4.74 Å². The molecule has 1 heterocycles. The standard InChI is InChI=1S/C14H18N2O2/c1-3-8-16-10-14(9-15-16)18-13-6-4-12(5-7-13)11(2)17/h4-7,9-11,17H,3,8H2,1-2H3/t11-/m1/s1. The summed E-state index contributed by atoms with van der Waals surface area (Å²) in [6.45, 7) is 4.74. The first-order valence-corrected chi connectivity index (χ1v) is 6.17. The van der Waals surface area contributed by atoms with Crippen LogP contribution < -0.4 is 4.74 Å². The van der Waals surface area contributed by atoms with Gasteiger partial charge in [0, 0.05) is 6.54 Å². The maximum absolute atomic E-state index is 9.41. The van der Waals surface area contributed by atoms with E-state index in [1.54, 1.807) is 13.1 Å². The van der Waals surface area contributed by atoms with Gasteiger partial charge in [0.05, 0.1) is 18.5 Å². The Morgan fingerprint density at radius 2 is 2.00 bits per heavy atom. The highest BCUT2D eigenvalue weighted by atomic mass is 16.5. The summed E-state index contributed by atoms with van der Waals surface area (Å²) in [5, 5.41) is 13.6. The van der Waals surface area contributed by atoms with Gasteiger partial charge in [-0.15, -0.1) is 0 Å². The van der Waals surface area contributed by atoms with Crippen LogP contribution in [0, 0.1) is 0 Å². The Labute approximate surface area is 107 Å². The number of aryl methyl sites for hydroxylation is 1. The molecule has 0 amide bonds. The SMILES string of the molecule is CCCn1cc(Oc2ccc([C@@H](C)O)cc2)cn1. The number of ether oxygens (including phenoxy) is 1. The molecule has 0 fully saturated rings. The second-order valence-electron chi connectivity index (χ2n) is 4.29. The number of hydrogen-bond acceptors (Lipinski definition) is 3. The molecule has 0 aliphatic rings. The Morgan fingerprint density at radius 3 is 2.61 bits per heavy atom. The molecule has 1 aromatic heterocycles. The van der Waals surface area contributed by atoms with E-state index in [-0.39, 0.29) is 0 Å². The largest absolute Gasteiger partial charge is 0.454 e. The van der Waals surface area contributed by atoms with Crippen LogP contribution in [0.4, 0.5) is 0 Å². The predicted octanol–water partition coefficient (Wildman–Crippen LogP) is 3.14. The van der Waals surface area contributed by atoms with Gasteiger partial charge in [0.15, 0.2) is 5.75 Å². The van der Waals surface area contributed by atoms with Crippen molar-refractivity contribution in [3.8, 4) is 11.5 Å². The Bertz CT molecular complexity index is 489. The molecule has 0 saturated carbocycles. The predicted molar refractivity (Wildman–Crippen MR) is 69.7 cm³/mol. The van der Waals surface area contributed by atoms with Crippen molar-refractivity contribution >= 4 is 0 Å². The first kappa shape index (κ1) is 12.6. The van der Waals surface area contributed by atoms with Crippen LogP contribution in [0.3, 0.4) is 0 Å². The lowest BCUT2D eigenvalue weighted by Crippen LogP contribution is -1.95. The van der Waals surface area contributed by atoms with Gasteiger partial charge in [0.2, 0.25) is 0 Å². The summed E-state index contributed by atoms with van der Waals surface area (Å²) in [5.41, 5.74) is 0.879. The van der Waals surface area contributed by atoms with E-state index < -0.39 is 6.10 Å². The summed E-state index contributed by atoms with van der Waals surface area (Å²) < 4.78 is 7.54. The molecule has 0 bridgehead atoms. The summed E-state index contributed by atoms with van der Waals surface area (Å²) in [5.74, 6) is 1.48. The summed E-state index contributed by atoms with van der Waals surface area (Å²) in [7, 11) is 0. The minimum atomic E-state index is -0.452. The van der Waals surface area contributed by atoms with E-state index in [9.17, 15) is 5.11 Å². The second kappa shape index (κ2) is 5.69. The van der Waals surface area contributed by atoms with Crippen LogP contribution in [0.5, 0.6) is 11.5 Å². The van der Waals surface area contributed by atoms with Crippen LogP contribution in [0.25, 0.3) is 0 Å². The fourth-order valence-electron chi connectivity index (χ4n) is 1.70. The van der Waals surface area contributed by atoms with Gasteiger partial charge in [-0.05, 0) is 31.0 Å². The maximum Gasteiger partial charge on any atom is 0.165 e. The average molecular weight is 246 g/mol. The summed E-state index contributed by atoms with van der Waals surface area (Å²) >= 11 is 0. The number of hydrogen-bond donors (Lipinski definition) is 1. The molecule has 0 unspecified atom stereocenters. The molecule has 18 heavy (non-hydrogen) atoms. The molecule has 0 aliphatic carbocycles. The summed E-state index contributed by atoms with van der Waals surface area (Å²) in [6, 6.07) is 7.41. The lowest BCUT2D eigenvalue weighted by molar-refractivity contribution is 0.199. The number of benzene rings is 1. The van der Waals surface area contributed by atoms with E-state index in [0.29, 0.717) is 0 Å². The molecule has 0 spiro atoms. The Balaban J connectivity index is 2.03. The van der Waals surface area contributed by atoms with Crippen molar-refractivity contribution in [2.24, 2.45) is 0 Å². The minimum Gasteiger partial charge on any atom is -0.454 e. The third-order valence-electron chi connectivity index (χ3n) is 2.66. The highest BCUT2D eigenvalue weighted by Crippen LogP contribution is 2.22. The normalized spacial score (nSPS) is 12.4. The van der Waals surface area contributed by atoms with E-state index in [1.807, 2.05) is 35.1 Å². The molecule has 0 radical (unpaired) electrons. The van der Waals surface area contributed by atoms with Crippen LogP contribution in [0.15, 0.2) is 36.7 Å². The van der Waals surface area contributed by atoms with Crippen molar-refractivity contribution in [3.05, 3.63) is 42.2 Å². The fraction of sp³-hybridized carbons (Fsp3) is 0.357. The lowest BCUT2D eigenvalue weighted by Gasteiger charge is -2.06. The molecule has 4 heteroatoms. The number of aliphatic hydroxyl groups is 1. The first-order chi connectivity index (χ1) is 8.69. The van der Waals surface area contributed by atoms with Crippen molar-refractivity contribution in [2.45, 2.75) is 32.9 Å². The van der Waals surface area contributed by atoms with Crippen LogP contribution >= 0.6 is 0 Å². The van der Waals surface area contributed by atoms with E-state index in [2.05, 4.69) is 12.0 Å². The third kappa shape index (κ3) is 3.11. The number of rotatable bonds is 5. The Kier molecular flexibility index (Phi) is 3.99. The topological polar surface area (TPSA) is 47.3 Å². The smallest absolute Gasteiger partial charge is 0.165 e. The van der Waals surface area contributed by atoms with Gasteiger partial charge in [-0.2, -0.15) is 5.10 Å². The molecular weight excluding hydrogens is 228 g/mol. The lowest BCUT2D eigenvalue weighted by atomic mass is 10.1. The van der Waals surface area contributed by atoms with Crippen LogP contribution in [-0.2, 0) is 6.54 Å². The van der Waals surface area contributed by atoms with Crippen molar-refractivity contribution in [3.63, 3.8) is 0 Å². The van der Waals surface area contributed by atoms with Gasteiger partial charge in [-0.25, -0.2) is 0 Å². The molecule has 1 atom stereocenters. The zero-order chi connectivity index (χ0) is 13.0. The third-order valence-corrected chi connectivity index (χ3v) is 2.66. The Morgan fingerprint density at radius 1 is 1.28 bits per heavy atom. The van der Waals surface area contributed by atoms with E-state index in [1.165, 1.54) is 0 Å². The minimum absolute atomic E-state index is 0.452. The van der Waals surface area contributed by atoms with Gasteiger partial charge < -0.3 is 9.84 Å². The highest BCUT2D eigenvalue weighted by Gasteiger charge is 2.03. The highest BCUT2D eigenvalue weighted by molar-refractivity contribution is 5.31. The van der Waals surface area contributed by atoms with E-state index in [0.717, 1.165) is 30.0 Å². The molecule has 0 aliphatic heterocycles. The molecule has 1 aromatic carbocycles. The monoisotopic (exact) mass is 246 g/mol. The molecule has 0 saturated heterocycles. The number of nitrogens with zero attached hydrogens (tertiary/aromatic N) is 2. The fourth-order valence-corrected chi connectivity index (χ4v) is 1.70. The maximum atomic E-state index is 9.41. The molecule has 1 N–H and O–H groups in total. The second-order valence-corrected chi connectivity index (χ2v) is 4.29. The number of aromatic nitrogens is 2. The summed E-state index contributed by atoms with van der Waals surface area (Å²) in [6.07, 6.45) is 4.18. The Hall–Kier alpha value is -1.81. The van der Waals surface area contributed by atoms with Crippen molar-refractivity contribution in [2.75, 3.05) is 0 Å². The van der Waals surface area contributed by atoms with Gasteiger partial charge >= 0.3 is 0 Å². The molecular formula is C14H18N2O2. The van der Waals surface area contributed by atoms with Gasteiger partial charge in [0.1, 0.15) is 5.75 Å².